The summed E-state index contributed by atoms with van der Waals surface area (Å²) in [6.07, 6.45) is 2.21. The van der Waals surface area contributed by atoms with Crippen LogP contribution >= 0.6 is 0 Å². The molecule has 8 heteroatoms. The smallest absolute Gasteiger partial charge is 0.293 e. The molecular formula is C26H26N4O4. The molecule has 0 atom stereocenters. The van der Waals surface area contributed by atoms with Crippen LogP contribution in [0.3, 0.4) is 0 Å². The molecule has 34 heavy (non-hydrogen) atoms. The fourth-order valence-corrected chi connectivity index (χ4v) is 3.68. The third kappa shape index (κ3) is 5.58. The van der Waals surface area contributed by atoms with E-state index < -0.39 is 10.8 Å². The lowest BCUT2D eigenvalue weighted by molar-refractivity contribution is -0.384. The minimum atomic E-state index is -0.484. The van der Waals surface area contributed by atoms with Crippen LogP contribution in [-0.4, -0.2) is 29.3 Å². The highest BCUT2D eigenvalue weighted by molar-refractivity contribution is 6.05. The van der Waals surface area contributed by atoms with Gasteiger partial charge in [0.2, 0.25) is 5.91 Å². The molecule has 0 aromatic heterocycles. The summed E-state index contributed by atoms with van der Waals surface area (Å²) in [5, 5.41) is 17.3. The van der Waals surface area contributed by atoms with Crippen LogP contribution in [0.4, 0.5) is 22.7 Å². The van der Waals surface area contributed by atoms with Crippen LogP contribution in [0.25, 0.3) is 0 Å². The van der Waals surface area contributed by atoms with Gasteiger partial charge in [0.05, 0.1) is 11.3 Å². The Labute approximate surface area is 197 Å². The summed E-state index contributed by atoms with van der Waals surface area (Å²) in [7, 11) is 0. The van der Waals surface area contributed by atoms with Crippen LogP contribution in [0.2, 0.25) is 0 Å². The quantitative estimate of drug-likeness (QED) is 0.346. The van der Waals surface area contributed by atoms with Crippen LogP contribution in [-0.2, 0) is 11.2 Å². The van der Waals surface area contributed by atoms with Gasteiger partial charge in [0, 0.05) is 35.6 Å². The number of hydrogen-bond acceptors (Lipinski definition) is 5. The minimum Gasteiger partial charge on any atom is -0.377 e. The molecule has 0 heterocycles. The lowest BCUT2D eigenvalue weighted by Gasteiger charge is -2.21. The van der Waals surface area contributed by atoms with E-state index in [9.17, 15) is 19.7 Å². The Morgan fingerprint density at radius 3 is 2.35 bits per heavy atom. The summed E-state index contributed by atoms with van der Waals surface area (Å²) in [6.45, 7) is 2.50. The van der Waals surface area contributed by atoms with Gasteiger partial charge in [-0.05, 0) is 61.7 Å². The Hall–Kier alpha value is -4.20. The molecule has 1 aliphatic carbocycles. The van der Waals surface area contributed by atoms with Crippen molar-refractivity contribution in [2.45, 2.75) is 32.2 Å². The van der Waals surface area contributed by atoms with Gasteiger partial charge < -0.3 is 15.5 Å². The van der Waals surface area contributed by atoms with Crippen LogP contribution in [0.15, 0.2) is 72.8 Å². The summed E-state index contributed by atoms with van der Waals surface area (Å²) >= 11 is 0. The van der Waals surface area contributed by atoms with Crippen LogP contribution in [0, 0.1) is 10.1 Å². The highest BCUT2D eigenvalue weighted by Crippen LogP contribution is 2.31. The molecule has 0 spiro atoms. The average molecular weight is 459 g/mol. The van der Waals surface area contributed by atoms with E-state index in [0.29, 0.717) is 17.9 Å². The van der Waals surface area contributed by atoms with E-state index in [1.165, 1.54) is 6.07 Å². The maximum absolute atomic E-state index is 12.8. The van der Waals surface area contributed by atoms with Crippen LogP contribution in [0.1, 0.15) is 35.7 Å². The first-order chi connectivity index (χ1) is 16.4. The first-order valence-electron chi connectivity index (χ1n) is 11.2. The van der Waals surface area contributed by atoms with E-state index in [1.54, 1.807) is 41.3 Å². The maximum Gasteiger partial charge on any atom is 0.293 e. The summed E-state index contributed by atoms with van der Waals surface area (Å²) in [5.41, 5.74) is 2.73. The Kier molecular flexibility index (Phi) is 6.87. The van der Waals surface area contributed by atoms with Crippen molar-refractivity contribution in [2.75, 3.05) is 22.1 Å². The van der Waals surface area contributed by atoms with Crippen molar-refractivity contribution in [1.29, 1.82) is 0 Å². The van der Waals surface area contributed by atoms with Gasteiger partial charge in [-0.2, -0.15) is 0 Å². The molecule has 174 valence electrons. The zero-order chi connectivity index (χ0) is 24.1. The Balaban J connectivity index is 1.40. The van der Waals surface area contributed by atoms with E-state index in [1.807, 2.05) is 37.3 Å². The number of carbonyl (C=O) groups is 2. The van der Waals surface area contributed by atoms with Crippen molar-refractivity contribution in [1.82, 2.24) is 0 Å². The molecule has 0 aliphatic heterocycles. The van der Waals surface area contributed by atoms with E-state index in [0.717, 1.165) is 24.1 Å². The van der Waals surface area contributed by atoms with Gasteiger partial charge >= 0.3 is 0 Å². The molecular weight excluding hydrogens is 432 g/mol. The molecule has 2 amide bonds. The zero-order valence-electron chi connectivity index (χ0n) is 18.9. The summed E-state index contributed by atoms with van der Waals surface area (Å²) in [6, 6.07) is 21.2. The number of nitro groups is 1. The average Bonchev–Trinajstić information content (AvgIpc) is 3.65. The number of amides is 2. The first-order valence-corrected chi connectivity index (χ1v) is 11.2. The standard InChI is InChI=1S/C26H26N4O4/c1-2-29(22-6-4-3-5-7-22)25(31)16-18-8-11-21(12-9-18)28-26(32)19-10-15-23(27-20-13-14-20)24(17-19)30(33)34/h3-12,15,17,20,27H,2,13-14,16H2,1H3,(H,28,32). The van der Waals surface area contributed by atoms with E-state index in [2.05, 4.69) is 10.6 Å². The number of anilines is 3. The maximum atomic E-state index is 12.8. The Morgan fingerprint density at radius 1 is 1.03 bits per heavy atom. The second-order valence-corrected chi connectivity index (χ2v) is 8.21. The van der Waals surface area contributed by atoms with Crippen molar-refractivity contribution >= 4 is 34.6 Å². The minimum absolute atomic E-state index is 0.0160. The zero-order valence-corrected chi connectivity index (χ0v) is 18.9. The Morgan fingerprint density at radius 2 is 1.74 bits per heavy atom. The largest absolute Gasteiger partial charge is 0.377 e. The van der Waals surface area contributed by atoms with Crippen molar-refractivity contribution < 1.29 is 14.5 Å². The van der Waals surface area contributed by atoms with Gasteiger partial charge in [0.1, 0.15) is 5.69 Å². The molecule has 0 saturated heterocycles. The highest BCUT2D eigenvalue weighted by atomic mass is 16.6. The SMILES string of the molecule is CCN(C(=O)Cc1ccc(NC(=O)c2ccc(NC3CC3)c([N+](=O)[O-])c2)cc1)c1ccccc1. The number of carbonyl (C=O) groups excluding carboxylic acids is 2. The van der Waals surface area contributed by atoms with Crippen LogP contribution < -0.4 is 15.5 Å². The number of para-hydroxylation sites is 1. The lowest BCUT2D eigenvalue weighted by atomic mass is 10.1. The number of likely N-dealkylation sites (N-methyl/N-ethyl adjacent to an activating group) is 1. The highest BCUT2D eigenvalue weighted by Gasteiger charge is 2.25. The predicted octanol–water partition coefficient (Wildman–Crippen LogP) is 5.02. The topological polar surface area (TPSA) is 105 Å². The Bertz CT molecular complexity index is 1190. The third-order valence-corrected chi connectivity index (χ3v) is 5.65. The first kappa shape index (κ1) is 23.0. The second-order valence-electron chi connectivity index (χ2n) is 8.21. The predicted molar refractivity (Wildman–Crippen MR) is 132 cm³/mol. The number of hydrogen-bond donors (Lipinski definition) is 2. The molecule has 0 bridgehead atoms. The lowest BCUT2D eigenvalue weighted by Crippen LogP contribution is -2.31. The molecule has 1 aliphatic rings. The van der Waals surface area contributed by atoms with Gasteiger partial charge in [0.15, 0.2) is 0 Å². The van der Waals surface area contributed by atoms with E-state index in [-0.39, 0.29) is 29.6 Å². The van der Waals surface area contributed by atoms with Crippen molar-refractivity contribution in [2.24, 2.45) is 0 Å². The normalized spacial score (nSPS) is 12.6. The van der Waals surface area contributed by atoms with Gasteiger partial charge in [-0.1, -0.05) is 30.3 Å². The molecule has 8 nitrogen and oxygen atoms in total. The van der Waals surface area contributed by atoms with E-state index >= 15 is 0 Å². The molecule has 1 fully saturated rings. The number of nitrogens with one attached hydrogen (secondary N) is 2. The molecule has 3 aromatic rings. The number of nitrogens with zero attached hydrogens (tertiary/aromatic N) is 2. The van der Waals surface area contributed by atoms with Gasteiger partial charge in [-0.3, -0.25) is 19.7 Å². The van der Waals surface area contributed by atoms with Gasteiger partial charge in [-0.25, -0.2) is 0 Å². The summed E-state index contributed by atoms with van der Waals surface area (Å²) in [4.78, 5) is 38.1. The number of nitro benzene ring substituents is 1. The summed E-state index contributed by atoms with van der Waals surface area (Å²) < 4.78 is 0. The third-order valence-electron chi connectivity index (χ3n) is 5.65. The number of benzene rings is 3. The molecule has 0 unspecified atom stereocenters. The van der Waals surface area contributed by atoms with Crippen molar-refractivity contribution in [3.63, 3.8) is 0 Å². The summed E-state index contributed by atoms with van der Waals surface area (Å²) in [5.74, 6) is -0.455. The van der Waals surface area contributed by atoms with Crippen molar-refractivity contribution in [3.8, 4) is 0 Å². The molecule has 4 rings (SSSR count). The molecule has 0 radical (unpaired) electrons. The molecule has 1 saturated carbocycles. The molecule has 3 aromatic carbocycles. The van der Waals surface area contributed by atoms with Crippen LogP contribution in [0.5, 0.6) is 0 Å². The monoisotopic (exact) mass is 458 g/mol. The number of rotatable bonds is 9. The van der Waals surface area contributed by atoms with Crippen molar-refractivity contribution in [3.05, 3.63) is 94.0 Å². The second kappa shape index (κ2) is 10.2. The fraction of sp³-hybridized carbons (Fsp3) is 0.231. The van der Waals surface area contributed by atoms with Gasteiger partial charge in [-0.15, -0.1) is 0 Å². The van der Waals surface area contributed by atoms with Gasteiger partial charge in [0.25, 0.3) is 11.6 Å². The van der Waals surface area contributed by atoms with E-state index in [4.69, 9.17) is 0 Å². The molecule has 2 N–H and O–H groups in total. The fourth-order valence-electron chi connectivity index (χ4n) is 3.68.